The highest BCUT2D eigenvalue weighted by Gasteiger charge is 1.94. The Hall–Kier alpha value is -0.870. The number of nitrogens with one attached hydrogen (secondary N) is 1. The number of aromatic nitrogens is 2. The molecule has 0 aliphatic carbocycles. The third-order valence-electron chi connectivity index (χ3n) is 1.64. The first-order valence-electron chi connectivity index (χ1n) is 3.76. The van der Waals surface area contributed by atoms with E-state index in [2.05, 4.69) is 15.0 Å². The van der Waals surface area contributed by atoms with Crippen molar-refractivity contribution in [2.24, 2.45) is 5.84 Å². The second-order valence-electron chi connectivity index (χ2n) is 2.48. The molecule has 0 saturated heterocycles. The van der Waals surface area contributed by atoms with Gasteiger partial charge in [0, 0.05) is 25.5 Å². The van der Waals surface area contributed by atoms with E-state index in [1.165, 1.54) is 0 Å². The van der Waals surface area contributed by atoms with Crippen LogP contribution in [0.5, 0.6) is 0 Å². The lowest BCUT2D eigenvalue weighted by Crippen LogP contribution is -2.23. The number of nitrogens with two attached hydrogens (primary N) is 1. The lowest BCUT2D eigenvalue weighted by atomic mass is 10.4. The standard InChI is InChI=1S/C7H14N4/c1-7-9-4-6-11(7)5-2-3-10-8/h4,6,10H,2-3,5,8H2,1H3. The summed E-state index contributed by atoms with van der Waals surface area (Å²) in [5, 5.41) is 0. The molecule has 1 rings (SSSR count). The summed E-state index contributed by atoms with van der Waals surface area (Å²) in [5.41, 5.74) is 2.62. The highest BCUT2D eigenvalue weighted by Crippen LogP contribution is 1.95. The summed E-state index contributed by atoms with van der Waals surface area (Å²) in [6.45, 7) is 3.82. The fourth-order valence-electron chi connectivity index (χ4n) is 0.992. The van der Waals surface area contributed by atoms with Crippen LogP contribution in [0.25, 0.3) is 0 Å². The van der Waals surface area contributed by atoms with E-state index < -0.39 is 0 Å². The minimum Gasteiger partial charge on any atom is -0.335 e. The molecule has 0 aromatic carbocycles. The number of nitrogens with zero attached hydrogens (tertiary/aromatic N) is 2. The van der Waals surface area contributed by atoms with Gasteiger partial charge in [0.15, 0.2) is 0 Å². The Kier molecular flexibility index (Phi) is 3.07. The smallest absolute Gasteiger partial charge is 0.105 e. The molecule has 1 aromatic rings. The molecule has 0 fully saturated rings. The Bertz CT molecular complexity index is 206. The van der Waals surface area contributed by atoms with E-state index in [9.17, 15) is 0 Å². The van der Waals surface area contributed by atoms with E-state index in [0.717, 1.165) is 25.3 Å². The van der Waals surface area contributed by atoms with Crippen molar-refractivity contribution in [3.05, 3.63) is 18.2 Å². The van der Waals surface area contributed by atoms with Gasteiger partial charge >= 0.3 is 0 Å². The second kappa shape index (κ2) is 4.10. The van der Waals surface area contributed by atoms with E-state index in [1.807, 2.05) is 19.3 Å². The molecule has 0 amide bonds. The monoisotopic (exact) mass is 154 g/mol. The molecule has 0 spiro atoms. The molecular formula is C7H14N4. The van der Waals surface area contributed by atoms with Crippen LogP contribution in [0.15, 0.2) is 12.4 Å². The number of aryl methyl sites for hydroxylation is 2. The molecule has 0 saturated carbocycles. The van der Waals surface area contributed by atoms with Crippen LogP contribution in [0, 0.1) is 6.92 Å². The SMILES string of the molecule is Cc1nccn1CCCNN. The third-order valence-corrected chi connectivity index (χ3v) is 1.64. The molecule has 1 heterocycles. The molecule has 11 heavy (non-hydrogen) atoms. The van der Waals surface area contributed by atoms with Gasteiger partial charge in [0.05, 0.1) is 0 Å². The van der Waals surface area contributed by atoms with Gasteiger partial charge in [0.25, 0.3) is 0 Å². The highest BCUT2D eigenvalue weighted by atomic mass is 15.2. The zero-order valence-electron chi connectivity index (χ0n) is 6.75. The number of rotatable bonds is 4. The maximum Gasteiger partial charge on any atom is 0.105 e. The van der Waals surface area contributed by atoms with Crippen molar-refractivity contribution in [1.82, 2.24) is 15.0 Å². The van der Waals surface area contributed by atoms with Gasteiger partial charge in [-0.2, -0.15) is 0 Å². The fourth-order valence-corrected chi connectivity index (χ4v) is 0.992. The van der Waals surface area contributed by atoms with Crippen LogP contribution in [0.2, 0.25) is 0 Å². The molecule has 0 atom stereocenters. The third kappa shape index (κ3) is 2.32. The van der Waals surface area contributed by atoms with Crippen LogP contribution in [-0.4, -0.2) is 16.1 Å². The van der Waals surface area contributed by atoms with Crippen molar-refractivity contribution < 1.29 is 0 Å². The Morgan fingerprint density at radius 1 is 1.73 bits per heavy atom. The van der Waals surface area contributed by atoms with Crippen molar-refractivity contribution in [1.29, 1.82) is 0 Å². The van der Waals surface area contributed by atoms with Gasteiger partial charge in [-0.05, 0) is 13.3 Å². The Labute approximate surface area is 66.4 Å². The molecule has 0 aliphatic heterocycles. The van der Waals surface area contributed by atoms with Crippen LogP contribution < -0.4 is 11.3 Å². The summed E-state index contributed by atoms with van der Waals surface area (Å²) in [7, 11) is 0. The van der Waals surface area contributed by atoms with E-state index in [1.54, 1.807) is 0 Å². The van der Waals surface area contributed by atoms with Gasteiger partial charge in [-0.15, -0.1) is 0 Å². The summed E-state index contributed by atoms with van der Waals surface area (Å²) in [5.74, 6) is 6.19. The molecular weight excluding hydrogens is 140 g/mol. The molecule has 3 N–H and O–H groups in total. The summed E-state index contributed by atoms with van der Waals surface area (Å²) in [6.07, 6.45) is 4.82. The number of hydrazine groups is 1. The van der Waals surface area contributed by atoms with Gasteiger partial charge in [-0.25, -0.2) is 4.98 Å². The topological polar surface area (TPSA) is 55.9 Å². The summed E-state index contributed by atoms with van der Waals surface area (Å²) in [6, 6.07) is 0. The average Bonchev–Trinajstić information content (AvgIpc) is 2.37. The van der Waals surface area contributed by atoms with Gasteiger partial charge in [0.1, 0.15) is 5.82 Å². The first kappa shape index (κ1) is 8.23. The largest absolute Gasteiger partial charge is 0.335 e. The maximum atomic E-state index is 5.13. The van der Waals surface area contributed by atoms with Crippen molar-refractivity contribution >= 4 is 0 Å². The normalized spacial score (nSPS) is 10.4. The second-order valence-corrected chi connectivity index (χ2v) is 2.48. The summed E-state index contributed by atoms with van der Waals surface area (Å²) >= 11 is 0. The molecule has 62 valence electrons. The lowest BCUT2D eigenvalue weighted by molar-refractivity contribution is 0.584. The van der Waals surface area contributed by atoms with Crippen LogP contribution in [-0.2, 0) is 6.54 Å². The van der Waals surface area contributed by atoms with Crippen molar-refractivity contribution in [3.8, 4) is 0 Å². The van der Waals surface area contributed by atoms with Gasteiger partial charge in [-0.1, -0.05) is 0 Å². The Morgan fingerprint density at radius 2 is 2.55 bits per heavy atom. The van der Waals surface area contributed by atoms with Gasteiger partial charge in [0.2, 0.25) is 0 Å². The molecule has 0 unspecified atom stereocenters. The minimum atomic E-state index is 0.845. The zero-order chi connectivity index (χ0) is 8.10. The molecule has 4 nitrogen and oxygen atoms in total. The van der Waals surface area contributed by atoms with Crippen LogP contribution >= 0.6 is 0 Å². The quantitative estimate of drug-likeness (QED) is 0.366. The zero-order valence-corrected chi connectivity index (χ0v) is 6.75. The molecule has 0 radical (unpaired) electrons. The van der Waals surface area contributed by atoms with E-state index in [0.29, 0.717) is 0 Å². The van der Waals surface area contributed by atoms with Gasteiger partial charge < -0.3 is 4.57 Å². The van der Waals surface area contributed by atoms with Crippen LogP contribution in [0.1, 0.15) is 12.2 Å². The minimum absolute atomic E-state index is 0.845. The van der Waals surface area contributed by atoms with Crippen LogP contribution in [0.3, 0.4) is 0 Å². The van der Waals surface area contributed by atoms with E-state index in [4.69, 9.17) is 5.84 Å². The predicted molar refractivity (Wildman–Crippen MR) is 43.8 cm³/mol. The number of hydrogen-bond donors (Lipinski definition) is 2. The number of imidazole rings is 1. The van der Waals surface area contributed by atoms with Crippen molar-refractivity contribution in [2.75, 3.05) is 6.54 Å². The van der Waals surface area contributed by atoms with E-state index >= 15 is 0 Å². The van der Waals surface area contributed by atoms with E-state index in [-0.39, 0.29) is 0 Å². The van der Waals surface area contributed by atoms with Crippen molar-refractivity contribution in [2.45, 2.75) is 19.9 Å². The van der Waals surface area contributed by atoms with Gasteiger partial charge in [-0.3, -0.25) is 11.3 Å². The molecule has 0 bridgehead atoms. The average molecular weight is 154 g/mol. The van der Waals surface area contributed by atoms with Crippen molar-refractivity contribution in [3.63, 3.8) is 0 Å². The molecule has 0 aliphatic rings. The Morgan fingerprint density at radius 3 is 3.09 bits per heavy atom. The highest BCUT2D eigenvalue weighted by molar-refractivity contribution is 4.87. The van der Waals surface area contributed by atoms with Crippen LogP contribution in [0.4, 0.5) is 0 Å². The lowest BCUT2D eigenvalue weighted by Gasteiger charge is -2.03. The summed E-state index contributed by atoms with van der Waals surface area (Å²) < 4.78 is 2.11. The maximum absolute atomic E-state index is 5.13. The molecule has 4 heteroatoms. The molecule has 1 aromatic heterocycles. The summed E-state index contributed by atoms with van der Waals surface area (Å²) in [4.78, 5) is 4.11. The Balaban J connectivity index is 2.32. The number of hydrogen-bond acceptors (Lipinski definition) is 3. The first-order valence-corrected chi connectivity index (χ1v) is 3.76. The first-order chi connectivity index (χ1) is 5.34. The predicted octanol–water partition coefficient (Wildman–Crippen LogP) is 0.0449. The fraction of sp³-hybridized carbons (Fsp3) is 0.571.